The Labute approximate surface area is 162 Å². The molecule has 1 N–H and O–H groups in total. The molecule has 2 aliphatic rings. The van der Waals surface area contributed by atoms with Crippen molar-refractivity contribution in [1.82, 2.24) is 29.7 Å². The van der Waals surface area contributed by atoms with Gasteiger partial charge in [0.1, 0.15) is 11.6 Å². The number of fused-ring (bicyclic) bond motifs is 1. The summed E-state index contributed by atoms with van der Waals surface area (Å²) in [5, 5.41) is 14.4. The summed E-state index contributed by atoms with van der Waals surface area (Å²) in [5.74, 6) is 3.29. The van der Waals surface area contributed by atoms with Crippen molar-refractivity contribution in [1.29, 1.82) is 0 Å². The molecule has 144 valence electrons. The second kappa shape index (κ2) is 7.16. The predicted molar refractivity (Wildman–Crippen MR) is 104 cm³/mol. The minimum absolute atomic E-state index is 0.270. The Bertz CT molecular complexity index is 934. The lowest BCUT2D eigenvalue weighted by Crippen LogP contribution is -2.30. The van der Waals surface area contributed by atoms with Gasteiger partial charge in [0.2, 0.25) is 5.95 Å². The summed E-state index contributed by atoms with van der Waals surface area (Å²) in [5.41, 5.74) is 0.934. The molecule has 28 heavy (non-hydrogen) atoms. The molecule has 5 heterocycles. The van der Waals surface area contributed by atoms with Gasteiger partial charge in [-0.3, -0.25) is 4.98 Å². The van der Waals surface area contributed by atoms with E-state index < -0.39 is 0 Å². The van der Waals surface area contributed by atoms with Crippen LogP contribution in [0.2, 0.25) is 0 Å². The van der Waals surface area contributed by atoms with Crippen LogP contribution in [0.25, 0.3) is 11.4 Å². The molecule has 3 aromatic heterocycles. The number of nitrogens with zero attached hydrogens (tertiary/aromatic N) is 8. The molecule has 9 nitrogen and oxygen atoms in total. The summed E-state index contributed by atoms with van der Waals surface area (Å²) in [6, 6.07) is 5.78. The van der Waals surface area contributed by atoms with Gasteiger partial charge in [0.15, 0.2) is 5.82 Å². The summed E-state index contributed by atoms with van der Waals surface area (Å²) in [6.07, 6.45) is 6.63. The first-order valence-electron chi connectivity index (χ1n) is 9.61. The highest BCUT2D eigenvalue weighted by atomic mass is 16.3. The Morgan fingerprint density at radius 1 is 1.00 bits per heavy atom. The highest BCUT2D eigenvalue weighted by Crippen LogP contribution is 2.22. The maximum Gasteiger partial charge on any atom is 0.227 e. The fourth-order valence-electron chi connectivity index (χ4n) is 3.74. The van der Waals surface area contributed by atoms with Crippen molar-refractivity contribution in [2.45, 2.75) is 25.5 Å². The Morgan fingerprint density at radius 3 is 2.79 bits per heavy atom. The number of rotatable bonds is 3. The second-order valence-corrected chi connectivity index (χ2v) is 7.16. The fourth-order valence-corrected chi connectivity index (χ4v) is 3.74. The molecule has 0 bridgehead atoms. The van der Waals surface area contributed by atoms with Gasteiger partial charge in [-0.15, -0.1) is 0 Å². The van der Waals surface area contributed by atoms with Crippen molar-refractivity contribution in [2.24, 2.45) is 0 Å². The van der Waals surface area contributed by atoms with Gasteiger partial charge in [-0.25, -0.2) is 14.6 Å². The van der Waals surface area contributed by atoms with Gasteiger partial charge in [0.05, 0.1) is 12.6 Å². The molecule has 1 atom stereocenters. The number of aromatic nitrogens is 6. The highest BCUT2D eigenvalue weighted by molar-refractivity contribution is 5.52. The topological polar surface area (TPSA) is 96.1 Å². The van der Waals surface area contributed by atoms with Crippen molar-refractivity contribution in [3.8, 4) is 11.4 Å². The lowest BCUT2D eigenvalue weighted by Gasteiger charge is -2.22. The van der Waals surface area contributed by atoms with E-state index in [1.54, 1.807) is 18.6 Å². The van der Waals surface area contributed by atoms with E-state index in [1.807, 2.05) is 22.9 Å². The quantitative estimate of drug-likeness (QED) is 0.714. The van der Waals surface area contributed by atoms with E-state index in [4.69, 9.17) is 9.97 Å². The number of hydrogen-bond donors (Lipinski definition) is 1. The molecule has 1 unspecified atom stereocenters. The van der Waals surface area contributed by atoms with Crippen LogP contribution in [0.15, 0.2) is 36.8 Å². The molecule has 3 aromatic rings. The Morgan fingerprint density at radius 2 is 1.96 bits per heavy atom. The summed E-state index contributed by atoms with van der Waals surface area (Å²) >= 11 is 0. The van der Waals surface area contributed by atoms with E-state index >= 15 is 0 Å². The molecule has 0 saturated carbocycles. The monoisotopic (exact) mass is 378 g/mol. The van der Waals surface area contributed by atoms with Crippen LogP contribution in [-0.4, -0.2) is 67.1 Å². The molecule has 0 radical (unpaired) electrons. The first kappa shape index (κ1) is 17.1. The van der Waals surface area contributed by atoms with Gasteiger partial charge in [-0.05, 0) is 24.6 Å². The molecule has 9 heteroatoms. The van der Waals surface area contributed by atoms with E-state index in [0.29, 0.717) is 6.54 Å². The van der Waals surface area contributed by atoms with E-state index in [2.05, 4.69) is 24.9 Å². The van der Waals surface area contributed by atoms with Crippen molar-refractivity contribution in [2.75, 3.05) is 36.0 Å². The van der Waals surface area contributed by atoms with Crippen LogP contribution in [-0.2, 0) is 13.0 Å². The number of pyridine rings is 1. The summed E-state index contributed by atoms with van der Waals surface area (Å²) in [4.78, 5) is 22.4. The van der Waals surface area contributed by atoms with E-state index in [1.165, 1.54) is 0 Å². The first-order valence-corrected chi connectivity index (χ1v) is 9.61. The van der Waals surface area contributed by atoms with Crippen LogP contribution in [0, 0.1) is 0 Å². The molecule has 5 rings (SSSR count). The van der Waals surface area contributed by atoms with Crippen LogP contribution in [0.1, 0.15) is 12.2 Å². The van der Waals surface area contributed by atoms with E-state index in [0.717, 1.165) is 68.0 Å². The molecular weight excluding hydrogens is 356 g/mol. The van der Waals surface area contributed by atoms with Gasteiger partial charge in [0, 0.05) is 56.8 Å². The molecule has 0 aliphatic carbocycles. The number of hydrogen-bond acceptors (Lipinski definition) is 8. The van der Waals surface area contributed by atoms with Gasteiger partial charge < -0.3 is 14.9 Å². The zero-order valence-corrected chi connectivity index (χ0v) is 15.5. The first-order chi connectivity index (χ1) is 13.8. The Kier molecular flexibility index (Phi) is 4.36. The van der Waals surface area contributed by atoms with Crippen LogP contribution in [0.5, 0.6) is 0 Å². The maximum atomic E-state index is 9.78. The maximum absolute atomic E-state index is 9.78. The van der Waals surface area contributed by atoms with Crippen LogP contribution in [0.3, 0.4) is 0 Å². The number of anilines is 2. The average molecular weight is 378 g/mol. The normalized spacial score (nSPS) is 19.5. The van der Waals surface area contributed by atoms with Crippen molar-refractivity contribution in [3.05, 3.63) is 42.6 Å². The molecular formula is C19H22N8O. The molecule has 0 aromatic carbocycles. The fraction of sp³-hybridized carbons (Fsp3) is 0.421. The van der Waals surface area contributed by atoms with Crippen LogP contribution in [0.4, 0.5) is 11.8 Å². The lowest BCUT2D eigenvalue weighted by molar-refractivity contribution is 0.198. The zero-order valence-electron chi connectivity index (χ0n) is 15.5. The second-order valence-electron chi connectivity index (χ2n) is 7.16. The predicted octanol–water partition coefficient (Wildman–Crippen LogP) is 0.764. The third-order valence-electron chi connectivity index (χ3n) is 5.25. The Balaban J connectivity index is 1.32. The van der Waals surface area contributed by atoms with E-state index in [-0.39, 0.29) is 6.10 Å². The molecule has 0 spiro atoms. The highest BCUT2D eigenvalue weighted by Gasteiger charge is 2.23. The van der Waals surface area contributed by atoms with Gasteiger partial charge in [-0.2, -0.15) is 10.1 Å². The number of aliphatic hydroxyl groups excluding tert-OH is 1. The summed E-state index contributed by atoms with van der Waals surface area (Å²) in [6.45, 7) is 3.76. The summed E-state index contributed by atoms with van der Waals surface area (Å²) < 4.78 is 1.98. The third kappa shape index (κ3) is 3.29. The largest absolute Gasteiger partial charge is 0.391 e. The van der Waals surface area contributed by atoms with E-state index in [9.17, 15) is 5.11 Å². The smallest absolute Gasteiger partial charge is 0.227 e. The number of aliphatic hydroxyl groups is 1. The molecule has 0 amide bonds. The zero-order chi connectivity index (χ0) is 18.9. The summed E-state index contributed by atoms with van der Waals surface area (Å²) in [7, 11) is 0. The number of β-amino-alcohol motifs (C(OH)–C–C–N with tert-alkyl or cyclic N) is 1. The Hall–Kier alpha value is -3.07. The van der Waals surface area contributed by atoms with Crippen LogP contribution < -0.4 is 9.80 Å². The molecule has 1 saturated heterocycles. The minimum atomic E-state index is -0.270. The standard InChI is InChI=1S/C19H22N8O/c28-15-4-8-26(13-15)16-3-7-21-19(23-16)25-9-5-17-22-18(24-27(17)11-10-25)14-2-1-6-20-12-14/h1-3,6-7,12,15,28H,4-5,8-11,13H2. The lowest BCUT2D eigenvalue weighted by atomic mass is 10.3. The molecule has 2 aliphatic heterocycles. The van der Waals surface area contributed by atoms with Crippen molar-refractivity contribution >= 4 is 11.8 Å². The third-order valence-corrected chi connectivity index (χ3v) is 5.25. The molecule has 1 fully saturated rings. The van der Waals surface area contributed by atoms with Crippen molar-refractivity contribution < 1.29 is 5.11 Å². The SMILES string of the molecule is OC1CCN(c2ccnc(N3CCc4nc(-c5cccnc5)nn4CC3)n2)C1. The van der Waals surface area contributed by atoms with Crippen molar-refractivity contribution in [3.63, 3.8) is 0 Å². The van der Waals surface area contributed by atoms with Crippen LogP contribution >= 0.6 is 0 Å². The van der Waals surface area contributed by atoms with Gasteiger partial charge in [-0.1, -0.05) is 0 Å². The van der Waals surface area contributed by atoms with Gasteiger partial charge >= 0.3 is 0 Å². The van der Waals surface area contributed by atoms with Gasteiger partial charge in [0.25, 0.3) is 0 Å². The minimum Gasteiger partial charge on any atom is -0.391 e. The average Bonchev–Trinajstić information content (AvgIpc) is 3.30.